The third-order valence-corrected chi connectivity index (χ3v) is 6.21. The minimum atomic E-state index is -0.239. The van der Waals surface area contributed by atoms with Crippen molar-refractivity contribution in [2.24, 2.45) is 17.8 Å². The van der Waals surface area contributed by atoms with Crippen LogP contribution in [0.1, 0.15) is 42.9 Å². The molecule has 4 unspecified atom stereocenters. The van der Waals surface area contributed by atoms with Gasteiger partial charge in [0.25, 0.3) is 0 Å². The van der Waals surface area contributed by atoms with E-state index in [2.05, 4.69) is 47.7 Å². The van der Waals surface area contributed by atoms with Crippen LogP contribution in [0.15, 0.2) is 18.2 Å². The highest BCUT2D eigenvalue weighted by molar-refractivity contribution is 14.1. The highest BCUT2D eigenvalue weighted by atomic mass is 127. The largest absolute Gasteiger partial charge is 0.388 e. The Morgan fingerprint density at radius 3 is 2.76 bits per heavy atom. The minimum absolute atomic E-state index is 0.239. The molecule has 2 bridgehead atoms. The smallest absolute Gasteiger partial charge is 0.0831 e. The van der Waals surface area contributed by atoms with E-state index in [0.717, 1.165) is 17.4 Å². The van der Waals surface area contributed by atoms with E-state index in [0.29, 0.717) is 5.92 Å². The van der Waals surface area contributed by atoms with Gasteiger partial charge in [-0.05, 0) is 77.7 Å². The van der Waals surface area contributed by atoms with Gasteiger partial charge >= 0.3 is 0 Å². The third kappa shape index (κ3) is 2.03. The van der Waals surface area contributed by atoms with Crippen molar-refractivity contribution in [1.29, 1.82) is 0 Å². The molecule has 2 aliphatic rings. The Labute approximate surface area is 117 Å². The molecule has 1 nitrogen and oxygen atoms in total. The van der Waals surface area contributed by atoms with Crippen molar-refractivity contribution < 1.29 is 5.11 Å². The van der Waals surface area contributed by atoms with Crippen molar-refractivity contribution in [3.05, 3.63) is 32.9 Å². The van der Waals surface area contributed by atoms with E-state index in [1.54, 1.807) is 0 Å². The minimum Gasteiger partial charge on any atom is -0.388 e. The van der Waals surface area contributed by atoms with Gasteiger partial charge in [-0.3, -0.25) is 0 Å². The summed E-state index contributed by atoms with van der Waals surface area (Å²) < 4.78 is 1.25. The summed E-state index contributed by atoms with van der Waals surface area (Å²) in [6.07, 6.45) is 5.12. The lowest BCUT2D eigenvalue weighted by Crippen LogP contribution is -2.20. The summed E-state index contributed by atoms with van der Waals surface area (Å²) in [7, 11) is 0. The number of aryl methyl sites for hydroxylation is 1. The molecule has 3 rings (SSSR count). The zero-order valence-corrected chi connectivity index (χ0v) is 12.4. The Hall–Kier alpha value is -0.0900. The molecule has 0 spiro atoms. The molecular formula is C15H19IO. The highest BCUT2D eigenvalue weighted by Crippen LogP contribution is 2.52. The lowest BCUT2D eigenvalue weighted by atomic mass is 9.82. The normalized spacial score (nSPS) is 33.0. The number of aliphatic hydroxyl groups is 1. The average molecular weight is 342 g/mol. The Kier molecular flexibility index (Phi) is 3.20. The molecule has 2 heteroatoms. The van der Waals surface area contributed by atoms with E-state index < -0.39 is 0 Å². The van der Waals surface area contributed by atoms with Crippen LogP contribution in [-0.2, 0) is 0 Å². The molecule has 0 aromatic heterocycles. The van der Waals surface area contributed by atoms with Gasteiger partial charge in [0.15, 0.2) is 0 Å². The number of halogens is 1. The fraction of sp³-hybridized carbons (Fsp3) is 0.600. The number of rotatable bonds is 2. The summed E-state index contributed by atoms with van der Waals surface area (Å²) in [6, 6.07) is 6.30. The third-order valence-electron chi connectivity index (χ3n) is 4.74. The van der Waals surface area contributed by atoms with Crippen LogP contribution >= 0.6 is 22.6 Å². The molecule has 4 atom stereocenters. The van der Waals surface area contributed by atoms with Crippen LogP contribution in [0.2, 0.25) is 0 Å². The van der Waals surface area contributed by atoms with Gasteiger partial charge in [0.1, 0.15) is 0 Å². The monoisotopic (exact) mass is 342 g/mol. The van der Waals surface area contributed by atoms with Crippen molar-refractivity contribution >= 4 is 22.6 Å². The Morgan fingerprint density at radius 2 is 2.12 bits per heavy atom. The van der Waals surface area contributed by atoms with E-state index in [1.165, 1.54) is 34.8 Å². The number of aliphatic hydroxyl groups excluding tert-OH is 1. The average Bonchev–Trinajstić information content (AvgIpc) is 2.94. The molecule has 92 valence electrons. The SMILES string of the molecule is Cc1cccc(C(O)C2CC3CCC2C3)c1I. The standard InChI is InChI=1S/C15H19IO/c1-9-3-2-4-12(14(9)16)15(17)13-8-10-5-6-11(13)7-10/h2-4,10-11,13,15,17H,5-8H2,1H3. The van der Waals surface area contributed by atoms with Crippen LogP contribution < -0.4 is 0 Å². The van der Waals surface area contributed by atoms with Gasteiger partial charge in [-0.1, -0.05) is 24.6 Å². The van der Waals surface area contributed by atoms with Gasteiger partial charge in [0.05, 0.1) is 6.10 Å². The fourth-order valence-corrected chi connectivity index (χ4v) is 4.49. The summed E-state index contributed by atoms with van der Waals surface area (Å²) in [5, 5.41) is 10.6. The maximum atomic E-state index is 10.6. The van der Waals surface area contributed by atoms with E-state index in [1.807, 2.05) is 0 Å². The van der Waals surface area contributed by atoms with Crippen LogP contribution in [0.25, 0.3) is 0 Å². The molecule has 0 amide bonds. The van der Waals surface area contributed by atoms with Gasteiger partial charge < -0.3 is 5.11 Å². The van der Waals surface area contributed by atoms with Crippen molar-refractivity contribution in [2.75, 3.05) is 0 Å². The van der Waals surface area contributed by atoms with E-state index in [9.17, 15) is 5.11 Å². The molecule has 0 aliphatic heterocycles. The first-order valence-electron chi connectivity index (χ1n) is 6.60. The van der Waals surface area contributed by atoms with Gasteiger partial charge in [-0.25, -0.2) is 0 Å². The second kappa shape index (κ2) is 4.54. The number of benzene rings is 1. The van der Waals surface area contributed by atoms with Crippen LogP contribution in [0.5, 0.6) is 0 Å². The first kappa shape index (κ1) is 12.0. The highest BCUT2D eigenvalue weighted by Gasteiger charge is 2.43. The van der Waals surface area contributed by atoms with Gasteiger partial charge in [-0.15, -0.1) is 0 Å². The molecular weight excluding hydrogens is 323 g/mol. The zero-order valence-electron chi connectivity index (χ0n) is 10.2. The molecule has 0 saturated heterocycles. The molecule has 1 aromatic rings. The van der Waals surface area contributed by atoms with E-state index in [4.69, 9.17) is 0 Å². The van der Waals surface area contributed by atoms with Crippen molar-refractivity contribution in [2.45, 2.75) is 38.7 Å². The molecule has 17 heavy (non-hydrogen) atoms. The molecule has 2 saturated carbocycles. The quantitative estimate of drug-likeness (QED) is 0.804. The van der Waals surface area contributed by atoms with Crippen molar-refractivity contribution in [1.82, 2.24) is 0 Å². The molecule has 1 aromatic carbocycles. The molecule has 0 radical (unpaired) electrons. The summed E-state index contributed by atoms with van der Waals surface area (Å²) in [6.45, 7) is 2.12. The Morgan fingerprint density at radius 1 is 1.29 bits per heavy atom. The fourth-order valence-electron chi connectivity index (χ4n) is 3.81. The van der Waals surface area contributed by atoms with E-state index >= 15 is 0 Å². The summed E-state index contributed by atoms with van der Waals surface area (Å²) in [5.74, 6) is 2.21. The summed E-state index contributed by atoms with van der Waals surface area (Å²) in [4.78, 5) is 0. The number of fused-ring (bicyclic) bond motifs is 2. The van der Waals surface area contributed by atoms with Crippen LogP contribution in [0, 0.1) is 28.2 Å². The Bertz CT molecular complexity index is 429. The predicted octanol–water partition coefficient (Wildman–Crippen LogP) is 4.07. The lowest BCUT2D eigenvalue weighted by Gasteiger charge is -2.28. The molecule has 2 fully saturated rings. The van der Waals surface area contributed by atoms with E-state index in [-0.39, 0.29) is 6.10 Å². The second-order valence-corrected chi connectivity index (χ2v) is 6.84. The van der Waals surface area contributed by atoms with Crippen molar-refractivity contribution in [3.8, 4) is 0 Å². The first-order valence-corrected chi connectivity index (χ1v) is 7.67. The first-order chi connectivity index (χ1) is 8.16. The Balaban J connectivity index is 1.86. The van der Waals surface area contributed by atoms with Gasteiger partial charge in [-0.2, -0.15) is 0 Å². The maximum absolute atomic E-state index is 10.6. The number of hydrogen-bond donors (Lipinski definition) is 1. The molecule has 2 aliphatic carbocycles. The van der Waals surface area contributed by atoms with Crippen LogP contribution in [-0.4, -0.2) is 5.11 Å². The summed E-state index contributed by atoms with van der Waals surface area (Å²) in [5.41, 5.74) is 2.44. The molecule has 1 N–H and O–H groups in total. The topological polar surface area (TPSA) is 20.2 Å². The lowest BCUT2D eigenvalue weighted by molar-refractivity contribution is 0.0738. The molecule has 0 heterocycles. The maximum Gasteiger partial charge on any atom is 0.0831 e. The predicted molar refractivity (Wildman–Crippen MR) is 77.8 cm³/mol. The van der Waals surface area contributed by atoms with Crippen LogP contribution in [0.4, 0.5) is 0 Å². The van der Waals surface area contributed by atoms with Gasteiger partial charge in [0.2, 0.25) is 0 Å². The van der Waals surface area contributed by atoms with Crippen molar-refractivity contribution in [3.63, 3.8) is 0 Å². The van der Waals surface area contributed by atoms with Crippen LogP contribution in [0.3, 0.4) is 0 Å². The zero-order chi connectivity index (χ0) is 12.0. The number of hydrogen-bond acceptors (Lipinski definition) is 1. The summed E-state index contributed by atoms with van der Waals surface area (Å²) >= 11 is 2.38. The second-order valence-electron chi connectivity index (χ2n) is 5.76. The van der Waals surface area contributed by atoms with Gasteiger partial charge in [0, 0.05) is 3.57 Å².